The minimum atomic E-state index is 0.202. The SMILES string of the molecule is O=C1CCCCCN1Cc1nnc(SCC=Cc2ccccc2)n1-c1cccnc1. The molecule has 1 saturated heterocycles. The maximum absolute atomic E-state index is 12.5. The second-order valence-corrected chi connectivity index (χ2v) is 8.18. The van der Waals surface area contributed by atoms with E-state index in [1.807, 2.05) is 39.8 Å². The molecule has 2 aromatic heterocycles. The summed E-state index contributed by atoms with van der Waals surface area (Å²) in [6.07, 6.45) is 11.5. The molecule has 0 N–H and O–H groups in total. The van der Waals surface area contributed by atoms with Crippen LogP contribution in [0, 0.1) is 0 Å². The van der Waals surface area contributed by atoms with Gasteiger partial charge in [-0.3, -0.25) is 14.3 Å². The molecule has 3 aromatic rings. The number of thioether (sulfide) groups is 1. The average Bonchev–Trinajstić information content (AvgIpc) is 3.07. The summed E-state index contributed by atoms with van der Waals surface area (Å²) >= 11 is 1.62. The summed E-state index contributed by atoms with van der Waals surface area (Å²) in [6.45, 7) is 1.25. The van der Waals surface area contributed by atoms with Crippen molar-refractivity contribution in [3.8, 4) is 5.69 Å². The molecule has 1 aliphatic heterocycles. The molecule has 0 radical (unpaired) electrons. The van der Waals surface area contributed by atoms with Crippen LogP contribution in [0.1, 0.15) is 37.1 Å². The van der Waals surface area contributed by atoms with Crippen molar-refractivity contribution in [1.82, 2.24) is 24.6 Å². The molecule has 0 aliphatic carbocycles. The highest BCUT2D eigenvalue weighted by atomic mass is 32.2. The van der Waals surface area contributed by atoms with Gasteiger partial charge in [0.2, 0.25) is 5.91 Å². The van der Waals surface area contributed by atoms with Crippen LogP contribution in [0.25, 0.3) is 11.8 Å². The van der Waals surface area contributed by atoms with E-state index in [1.54, 1.807) is 24.2 Å². The van der Waals surface area contributed by atoms with E-state index in [4.69, 9.17) is 0 Å². The van der Waals surface area contributed by atoms with Crippen LogP contribution in [0.5, 0.6) is 0 Å². The molecule has 7 heteroatoms. The number of rotatable bonds is 7. The molecule has 154 valence electrons. The average molecular weight is 420 g/mol. The molecule has 3 heterocycles. The Kier molecular flexibility index (Phi) is 6.92. The Morgan fingerprint density at radius 3 is 2.77 bits per heavy atom. The Hall–Kier alpha value is -2.93. The van der Waals surface area contributed by atoms with Gasteiger partial charge in [-0.2, -0.15) is 0 Å². The fraction of sp³-hybridized carbons (Fsp3) is 0.304. The van der Waals surface area contributed by atoms with Crippen LogP contribution in [0.4, 0.5) is 0 Å². The summed E-state index contributed by atoms with van der Waals surface area (Å²) in [4.78, 5) is 18.6. The number of carbonyl (C=O) groups excluding carboxylic acids is 1. The number of carbonyl (C=O) groups is 1. The van der Waals surface area contributed by atoms with Crippen molar-refractivity contribution in [3.63, 3.8) is 0 Å². The first-order valence-electron chi connectivity index (χ1n) is 10.3. The highest BCUT2D eigenvalue weighted by Crippen LogP contribution is 2.24. The quantitative estimate of drug-likeness (QED) is 0.532. The van der Waals surface area contributed by atoms with Gasteiger partial charge in [0.15, 0.2) is 11.0 Å². The summed E-state index contributed by atoms with van der Waals surface area (Å²) in [5.41, 5.74) is 2.08. The Balaban J connectivity index is 1.53. The van der Waals surface area contributed by atoms with Crippen LogP contribution in [0.15, 0.2) is 66.1 Å². The number of benzene rings is 1. The molecule has 1 amide bonds. The first-order valence-corrected chi connectivity index (χ1v) is 11.3. The van der Waals surface area contributed by atoms with E-state index in [0.717, 1.165) is 48.2 Å². The van der Waals surface area contributed by atoms with Gasteiger partial charge in [-0.15, -0.1) is 10.2 Å². The number of pyridine rings is 1. The first-order chi connectivity index (χ1) is 14.8. The number of amides is 1. The minimum absolute atomic E-state index is 0.202. The number of hydrogen-bond donors (Lipinski definition) is 0. The van der Waals surface area contributed by atoms with E-state index in [9.17, 15) is 4.79 Å². The third-order valence-electron chi connectivity index (χ3n) is 5.03. The van der Waals surface area contributed by atoms with Gasteiger partial charge < -0.3 is 4.90 Å². The van der Waals surface area contributed by atoms with Crippen LogP contribution < -0.4 is 0 Å². The van der Waals surface area contributed by atoms with E-state index in [-0.39, 0.29) is 5.91 Å². The predicted molar refractivity (Wildman–Crippen MR) is 119 cm³/mol. The predicted octanol–water partition coefficient (Wildman–Crippen LogP) is 4.37. The minimum Gasteiger partial charge on any atom is -0.335 e. The normalized spacial score (nSPS) is 14.9. The molecule has 0 bridgehead atoms. The van der Waals surface area contributed by atoms with Crippen LogP contribution in [0.3, 0.4) is 0 Å². The molecular weight excluding hydrogens is 394 g/mol. The zero-order chi connectivity index (χ0) is 20.6. The Labute approximate surface area is 181 Å². The lowest BCUT2D eigenvalue weighted by molar-refractivity contribution is -0.131. The number of hydrogen-bond acceptors (Lipinski definition) is 5. The fourth-order valence-electron chi connectivity index (χ4n) is 3.49. The molecule has 0 unspecified atom stereocenters. The third-order valence-corrected chi connectivity index (χ3v) is 5.91. The third kappa shape index (κ3) is 5.16. The van der Waals surface area contributed by atoms with Crippen molar-refractivity contribution < 1.29 is 4.79 Å². The second-order valence-electron chi connectivity index (χ2n) is 7.20. The lowest BCUT2D eigenvalue weighted by Gasteiger charge is -2.20. The summed E-state index contributed by atoms with van der Waals surface area (Å²) in [6, 6.07) is 14.1. The molecule has 1 aliphatic rings. The lowest BCUT2D eigenvalue weighted by Crippen LogP contribution is -2.31. The van der Waals surface area contributed by atoms with Gasteiger partial charge in [0, 0.05) is 24.9 Å². The smallest absolute Gasteiger partial charge is 0.222 e. The number of nitrogens with zero attached hydrogens (tertiary/aromatic N) is 5. The van der Waals surface area contributed by atoms with Gasteiger partial charge in [0.1, 0.15) is 0 Å². The van der Waals surface area contributed by atoms with Gasteiger partial charge in [0.05, 0.1) is 18.4 Å². The topological polar surface area (TPSA) is 63.9 Å². The Bertz CT molecular complexity index is 987. The first kappa shape index (κ1) is 20.3. The van der Waals surface area contributed by atoms with Crippen molar-refractivity contribution in [1.29, 1.82) is 0 Å². The summed E-state index contributed by atoms with van der Waals surface area (Å²) < 4.78 is 2.02. The molecule has 0 atom stereocenters. The molecule has 4 rings (SSSR count). The van der Waals surface area contributed by atoms with Gasteiger partial charge in [-0.05, 0) is 30.5 Å². The van der Waals surface area contributed by atoms with Crippen molar-refractivity contribution in [3.05, 3.63) is 72.3 Å². The van der Waals surface area contributed by atoms with E-state index in [1.165, 1.54) is 5.56 Å². The van der Waals surface area contributed by atoms with E-state index >= 15 is 0 Å². The van der Waals surface area contributed by atoms with Crippen molar-refractivity contribution >= 4 is 23.7 Å². The summed E-state index contributed by atoms with van der Waals surface area (Å²) in [7, 11) is 0. The van der Waals surface area contributed by atoms with Crippen LogP contribution in [-0.2, 0) is 11.3 Å². The maximum atomic E-state index is 12.5. The highest BCUT2D eigenvalue weighted by Gasteiger charge is 2.21. The monoisotopic (exact) mass is 419 g/mol. The summed E-state index contributed by atoms with van der Waals surface area (Å²) in [5.74, 6) is 1.75. The van der Waals surface area contributed by atoms with Crippen LogP contribution in [0.2, 0.25) is 0 Å². The zero-order valence-corrected chi connectivity index (χ0v) is 17.7. The fourth-order valence-corrected chi connectivity index (χ4v) is 4.27. The van der Waals surface area contributed by atoms with E-state index < -0.39 is 0 Å². The molecule has 1 aromatic carbocycles. The number of likely N-dealkylation sites (tertiary alicyclic amines) is 1. The van der Waals surface area contributed by atoms with Gasteiger partial charge in [-0.1, -0.05) is 60.7 Å². The van der Waals surface area contributed by atoms with Gasteiger partial charge in [0.25, 0.3) is 0 Å². The highest BCUT2D eigenvalue weighted by molar-refractivity contribution is 7.99. The molecular formula is C23H25N5OS. The Morgan fingerprint density at radius 2 is 1.93 bits per heavy atom. The van der Waals surface area contributed by atoms with Gasteiger partial charge >= 0.3 is 0 Å². The van der Waals surface area contributed by atoms with Crippen LogP contribution >= 0.6 is 11.8 Å². The largest absolute Gasteiger partial charge is 0.335 e. The molecule has 30 heavy (non-hydrogen) atoms. The lowest BCUT2D eigenvalue weighted by atomic mass is 10.2. The van der Waals surface area contributed by atoms with Gasteiger partial charge in [-0.25, -0.2) is 0 Å². The van der Waals surface area contributed by atoms with E-state index in [2.05, 4.69) is 39.5 Å². The zero-order valence-electron chi connectivity index (χ0n) is 16.9. The molecule has 6 nitrogen and oxygen atoms in total. The summed E-state index contributed by atoms with van der Waals surface area (Å²) in [5, 5.41) is 9.67. The van der Waals surface area contributed by atoms with Crippen molar-refractivity contribution in [2.75, 3.05) is 12.3 Å². The van der Waals surface area contributed by atoms with E-state index in [0.29, 0.717) is 13.0 Å². The second kappa shape index (κ2) is 10.2. The van der Waals surface area contributed by atoms with Crippen molar-refractivity contribution in [2.24, 2.45) is 0 Å². The standard InChI is InChI=1S/C23H25N5OS/c29-22-13-5-2-6-15-27(22)18-21-25-26-23(28(21)20-12-7-14-24-17-20)30-16-8-11-19-9-3-1-4-10-19/h1,3-4,7-12,14,17H,2,5-6,13,15-16,18H2. The van der Waals surface area contributed by atoms with Crippen molar-refractivity contribution in [2.45, 2.75) is 37.4 Å². The molecule has 1 fully saturated rings. The van der Waals surface area contributed by atoms with Crippen LogP contribution in [-0.4, -0.2) is 42.9 Å². The molecule has 0 saturated carbocycles. The molecule has 0 spiro atoms. The number of aromatic nitrogens is 4. The maximum Gasteiger partial charge on any atom is 0.222 e. The Morgan fingerprint density at radius 1 is 1.03 bits per heavy atom.